The lowest BCUT2D eigenvalue weighted by Gasteiger charge is -2.22. The Kier molecular flexibility index (Phi) is 4.03. The largest absolute Gasteiger partial charge is 0.352 e. The Morgan fingerprint density at radius 2 is 2.33 bits per heavy atom. The standard InChI is InChI=1S/C14H18N2OS/c1-11(8-12-4-7-18-9-12)16-13(17)14(10-15)5-2-3-6-14/h4,7,9,11H,2-3,5-6,8H2,1H3,(H,16,17). The number of amides is 1. The number of carbonyl (C=O) groups excluding carboxylic acids is 1. The van der Waals surface area contributed by atoms with E-state index in [0.29, 0.717) is 12.8 Å². The minimum absolute atomic E-state index is 0.0785. The topological polar surface area (TPSA) is 52.9 Å². The molecule has 1 heterocycles. The van der Waals surface area contributed by atoms with Crippen molar-refractivity contribution in [2.75, 3.05) is 0 Å². The number of nitrogens with one attached hydrogen (secondary N) is 1. The van der Waals surface area contributed by atoms with Gasteiger partial charge in [-0.3, -0.25) is 4.79 Å². The van der Waals surface area contributed by atoms with Gasteiger partial charge in [-0.05, 0) is 48.6 Å². The summed E-state index contributed by atoms with van der Waals surface area (Å²) in [5, 5.41) is 16.4. The first-order valence-electron chi connectivity index (χ1n) is 6.39. The predicted octanol–water partition coefficient (Wildman–Crippen LogP) is 2.88. The van der Waals surface area contributed by atoms with E-state index in [0.717, 1.165) is 19.3 Å². The maximum absolute atomic E-state index is 12.2. The van der Waals surface area contributed by atoms with Crippen LogP contribution in [0, 0.1) is 16.7 Å². The van der Waals surface area contributed by atoms with Crippen LogP contribution >= 0.6 is 11.3 Å². The van der Waals surface area contributed by atoms with E-state index >= 15 is 0 Å². The maximum Gasteiger partial charge on any atom is 0.240 e. The van der Waals surface area contributed by atoms with Crippen molar-refractivity contribution in [1.29, 1.82) is 5.26 Å². The lowest BCUT2D eigenvalue weighted by atomic mass is 9.86. The molecular formula is C14H18N2OS. The number of nitrogens with zero attached hydrogens (tertiary/aromatic N) is 1. The Bertz CT molecular complexity index is 441. The van der Waals surface area contributed by atoms with Crippen molar-refractivity contribution in [3.05, 3.63) is 22.4 Å². The highest BCUT2D eigenvalue weighted by molar-refractivity contribution is 7.07. The molecule has 0 aliphatic heterocycles. The summed E-state index contributed by atoms with van der Waals surface area (Å²) in [7, 11) is 0. The fraction of sp³-hybridized carbons (Fsp3) is 0.571. The number of carbonyl (C=O) groups is 1. The fourth-order valence-corrected chi connectivity index (χ4v) is 3.23. The molecule has 1 saturated carbocycles. The molecule has 96 valence electrons. The lowest BCUT2D eigenvalue weighted by molar-refractivity contribution is -0.128. The highest BCUT2D eigenvalue weighted by Gasteiger charge is 2.41. The molecule has 1 aromatic rings. The first-order chi connectivity index (χ1) is 8.66. The molecule has 4 heteroatoms. The van der Waals surface area contributed by atoms with Crippen molar-refractivity contribution in [2.24, 2.45) is 5.41 Å². The minimum atomic E-state index is -0.761. The zero-order valence-electron chi connectivity index (χ0n) is 10.6. The molecule has 0 aromatic carbocycles. The van der Waals surface area contributed by atoms with Crippen LogP contribution in [0.3, 0.4) is 0 Å². The Labute approximate surface area is 112 Å². The summed E-state index contributed by atoms with van der Waals surface area (Å²) < 4.78 is 0. The summed E-state index contributed by atoms with van der Waals surface area (Å²) in [6.45, 7) is 2.00. The molecule has 1 aliphatic rings. The normalized spacial score (nSPS) is 19.1. The second-order valence-electron chi connectivity index (χ2n) is 5.11. The van der Waals surface area contributed by atoms with Gasteiger partial charge in [0.1, 0.15) is 5.41 Å². The van der Waals surface area contributed by atoms with E-state index in [2.05, 4.69) is 22.8 Å². The number of hydrogen-bond donors (Lipinski definition) is 1. The summed E-state index contributed by atoms with van der Waals surface area (Å²) in [5.41, 5.74) is 0.480. The average molecular weight is 262 g/mol. The van der Waals surface area contributed by atoms with E-state index in [1.165, 1.54) is 5.56 Å². The molecule has 1 atom stereocenters. The van der Waals surface area contributed by atoms with Gasteiger partial charge in [-0.25, -0.2) is 0 Å². The van der Waals surface area contributed by atoms with Gasteiger partial charge in [-0.15, -0.1) is 0 Å². The summed E-state index contributed by atoms with van der Waals surface area (Å²) >= 11 is 1.66. The number of hydrogen-bond acceptors (Lipinski definition) is 3. The minimum Gasteiger partial charge on any atom is -0.352 e. The van der Waals surface area contributed by atoms with Crippen molar-refractivity contribution < 1.29 is 4.79 Å². The third-order valence-corrected chi connectivity index (χ3v) is 4.34. The van der Waals surface area contributed by atoms with Gasteiger partial charge < -0.3 is 5.32 Å². The molecule has 1 aromatic heterocycles. The van der Waals surface area contributed by atoms with Gasteiger partial charge in [0.15, 0.2) is 0 Å². The molecule has 2 rings (SSSR count). The van der Waals surface area contributed by atoms with E-state index in [1.807, 2.05) is 12.3 Å². The number of thiophene rings is 1. The molecule has 0 saturated heterocycles. The predicted molar refractivity (Wildman–Crippen MR) is 72.1 cm³/mol. The Balaban J connectivity index is 1.92. The SMILES string of the molecule is CC(Cc1ccsc1)NC(=O)C1(C#N)CCCC1. The van der Waals surface area contributed by atoms with Gasteiger partial charge in [-0.1, -0.05) is 12.8 Å². The molecule has 1 unspecified atom stereocenters. The van der Waals surface area contributed by atoms with Crippen LogP contribution in [0.4, 0.5) is 0 Å². The summed E-state index contributed by atoms with van der Waals surface area (Å²) in [5.74, 6) is -0.0785. The van der Waals surface area contributed by atoms with Crippen LogP contribution in [0.2, 0.25) is 0 Å². The van der Waals surface area contributed by atoms with Gasteiger partial charge in [0.2, 0.25) is 5.91 Å². The quantitative estimate of drug-likeness (QED) is 0.907. The smallest absolute Gasteiger partial charge is 0.240 e. The molecule has 1 aliphatic carbocycles. The molecule has 0 bridgehead atoms. The summed E-state index contributed by atoms with van der Waals surface area (Å²) in [6.07, 6.45) is 4.22. The van der Waals surface area contributed by atoms with Crippen LogP contribution in [0.1, 0.15) is 38.2 Å². The number of nitriles is 1. The van der Waals surface area contributed by atoms with Crippen molar-refractivity contribution in [3.63, 3.8) is 0 Å². The van der Waals surface area contributed by atoms with Crippen LogP contribution in [0.5, 0.6) is 0 Å². The first-order valence-corrected chi connectivity index (χ1v) is 7.34. The van der Waals surface area contributed by atoms with Gasteiger partial charge in [0.05, 0.1) is 6.07 Å². The second kappa shape index (κ2) is 5.53. The summed E-state index contributed by atoms with van der Waals surface area (Å²) in [6, 6.07) is 4.39. The molecular weight excluding hydrogens is 244 g/mol. The molecule has 1 N–H and O–H groups in total. The van der Waals surface area contributed by atoms with Crippen LogP contribution < -0.4 is 5.32 Å². The zero-order chi connectivity index (χ0) is 13.0. The molecule has 0 spiro atoms. The van der Waals surface area contributed by atoms with Crippen molar-refractivity contribution >= 4 is 17.2 Å². The summed E-state index contributed by atoms with van der Waals surface area (Å²) in [4.78, 5) is 12.2. The maximum atomic E-state index is 12.2. The molecule has 18 heavy (non-hydrogen) atoms. The van der Waals surface area contributed by atoms with Crippen molar-refractivity contribution in [1.82, 2.24) is 5.32 Å². The first kappa shape index (κ1) is 13.1. The van der Waals surface area contributed by atoms with Crippen LogP contribution in [0.15, 0.2) is 16.8 Å². The Morgan fingerprint density at radius 3 is 2.89 bits per heavy atom. The Hall–Kier alpha value is -1.34. The monoisotopic (exact) mass is 262 g/mol. The van der Waals surface area contributed by atoms with Gasteiger partial charge >= 0.3 is 0 Å². The van der Waals surface area contributed by atoms with E-state index in [1.54, 1.807) is 11.3 Å². The van der Waals surface area contributed by atoms with Gasteiger partial charge in [0.25, 0.3) is 0 Å². The van der Waals surface area contributed by atoms with Crippen LogP contribution in [-0.2, 0) is 11.2 Å². The average Bonchev–Trinajstić information content (AvgIpc) is 2.99. The lowest BCUT2D eigenvalue weighted by Crippen LogP contribution is -2.43. The van der Waals surface area contributed by atoms with Crippen LogP contribution in [-0.4, -0.2) is 11.9 Å². The molecule has 1 fully saturated rings. The van der Waals surface area contributed by atoms with Crippen molar-refractivity contribution in [3.8, 4) is 6.07 Å². The third kappa shape index (κ3) is 2.73. The van der Waals surface area contributed by atoms with E-state index in [-0.39, 0.29) is 11.9 Å². The highest BCUT2D eigenvalue weighted by Crippen LogP contribution is 2.37. The van der Waals surface area contributed by atoms with Gasteiger partial charge in [-0.2, -0.15) is 16.6 Å². The Morgan fingerprint density at radius 1 is 1.61 bits per heavy atom. The van der Waals surface area contributed by atoms with Crippen molar-refractivity contribution in [2.45, 2.75) is 45.1 Å². The fourth-order valence-electron chi connectivity index (χ4n) is 2.54. The number of rotatable bonds is 4. The van der Waals surface area contributed by atoms with E-state index < -0.39 is 5.41 Å². The van der Waals surface area contributed by atoms with E-state index in [9.17, 15) is 10.1 Å². The van der Waals surface area contributed by atoms with E-state index in [4.69, 9.17) is 0 Å². The third-order valence-electron chi connectivity index (χ3n) is 3.61. The van der Waals surface area contributed by atoms with Gasteiger partial charge in [0, 0.05) is 6.04 Å². The highest BCUT2D eigenvalue weighted by atomic mass is 32.1. The molecule has 3 nitrogen and oxygen atoms in total. The van der Waals surface area contributed by atoms with Crippen LogP contribution in [0.25, 0.3) is 0 Å². The molecule has 1 amide bonds. The second-order valence-corrected chi connectivity index (χ2v) is 5.89. The zero-order valence-corrected chi connectivity index (χ0v) is 11.4. The molecule has 0 radical (unpaired) electrons.